The molecule has 0 aliphatic carbocycles. The van der Waals surface area contributed by atoms with Gasteiger partial charge in [-0.15, -0.1) is 0 Å². The number of benzene rings is 1. The van der Waals surface area contributed by atoms with Crippen LogP contribution in [0, 0.1) is 5.92 Å². The molecular formula is C20H35N3O3. The van der Waals surface area contributed by atoms with Crippen LogP contribution in [0.1, 0.15) is 32.8 Å². The molecule has 0 aliphatic rings. The molecule has 0 radical (unpaired) electrons. The van der Waals surface area contributed by atoms with Crippen LogP contribution < -0.4 is 15.4 Å². The maximum absolute atomic E-state index is 5.64. The third-order valence-corrected chi connectivity index (χ3v) is 3.43. The molecule has 0 heterocycles. The maximum atomic E-state index is 5.64. The van der Waals surface area contributed by atoms with Gasteiger partial charge < -0.3 is 24.8 Å². The van der Waals surface area contributed by atoms with Crippen molar-refractivity contribution in [3.05, 3.63) is 29.8 Å². The van der Waals surface area contributed by atoms with Crippen molar-refractivity contribution in [2.75, 3.05) is 46.6 Å². The zero-order valence-electron chi connectivity index (χ0n) is 16.7. The number of rotatable bonds is 13. The third kappa shape index (κ3) is 10.9. The van der Waals surface area contributed by atoms with E-state index in [9.17, 15) is 0 Å². The molecule has 0 aromatic heterocycles. The van der Waals surface area contributed by atoms with Crippen molar-refractivity contribution in [1.82, 2.24) is 10.6 Å². The molecule has 0 spiro atoms. The summed E-state index contributed by atoms with van der Waals surface area (Å²) in [5.41, 5.74) is 1.11. The van der Waals surface area contributed by atoms with Crippen LogP contribution in [0.4, 0.5) is 0 Å². The summed E-state index contributed by atoms with van der Waals surface area (Å²) in [7, 11) is 1.67. The summed E-state index contributed by atoms with van der Waals surface area (Å²) < 4.78 is 16.2. The van der Waals surface area contributed by atoms with Gasteiger partial charge in [-0.3, -0.25) is 0 Å². The van der Waals surface area contributed by atoms with E-state index in [0.717, 1.165) is 50.0 Å². The first-order chi connectivity index (χ1) is 12.7. The molecule has 26 heavy (non-hydrogen) atoms. The lowest BCUT2D eigenvalue weighted by Crippen LogP contribution is -2.38. The lowest BCUT2D eigenvalue weighted by Gasteiger charge is -2.12. The Labute approximate surface area is 158 Å². The van der Waals surface area contributed by atoms with Gasteiger partial charge in [0.2, 0.25) is 0 Å². The smallest absolute Gasteiger partial charge is 0.191 e. The van der Waals surface area contributed by atoms with E-state index in [-0.39, 0.29) is 0 Å². The van der Waals surface area contributed by atoms with E-state index in [2.05, 4.69) is 42.5 Å². The van der Waals surface area contributed by atoms with Gasteiger partial charge >= 0.3 is 0 Å². The predicted octanol–water partition coefficient (Wildman–Crippen LogP) is 2.83. The molecule has 0 amide bonds. The van der Waals surface area contributed by atoms with Gasteiger partial charge in [0.1, 0.15) is 12.4 Å². The van der Waals surface area contributed by atoms with E-state index >= 15 is 0 Å². The predicted molar refractivity (Wildman–Crippen MR) is 107 cm³/mol. The SMILES string of the molecule is CCNC(=NCc1cccc(OCCOC)c1)NCCCOCC(C)C. The van der Waals surface area contributed by atoms with Gasteiger partial charge in [-0.25, -0.2) is 4.99 Å². The number of ether oxygens (including phenoxy) is 3. The summed E-state index contributed by atoms with van der Waals surface area (Å²) in [6.45, 7) is 11.4. The third-order valence-electron chi connectivity index (χ3n) is 3.43. The molecule has 0 atom stereocenters. The first-order valence-electron chi connectivity index (χ1n) is 9.46. The van der Waals surface area contributed by atoms with Crippen molar-refractivity contribution in [1.29, 1.82) is 0 Å². The quantitative estimate of drug-likeness (QED) is 0.320. The van der Waals surface area contributed by atoms with Crippen LogP contribution in [0.3, 0.4) is 0 Å². The Morgan fingerprint density at radius 1 is 1.15 bits per heavy atom. The van der Waals surface area contributed by atoms with E-state index in [1.165, 1.54) is 0 Å². The highest BCUT2D eigenvalue weighted by atomic mass is 16.5. The summed E-state index contributed by atoms with van der Waals surface area (Å²) in [5.74, 6) is 2.24. The van der Waals surface area contributed by atoms with Gasteiger partial charge in [-0.2, -0.15) is 0 Å². The van der Waals surface area contributed by atoms with Crippen molar-refractivity contribution in [3.8, 4) is 5.75 Å². The highest BCUT2D eigenvalue weighted by molar-refractivity contribution is 5.79. The largest absolute Gasteiger partial charge is 0.491 e. The molecule has 6 heteroatoms. The Morgan fingerprint density at radius 3 is 2.73 bits per heavy atom. The molecule has 0 saturated carbocycles. The maximum Gasteiger partial charge on any atom is 0.191 e. The minimum absolute atomic E-state index is 0.548. The van der Waals surface area contributed by atoms with Crippen molar-refractivity contribution >= 4 is 5.96 Å². The van der Waals surface area contributed by atoms with E-state index < -0.39 is 0 Å². The number of hydrogen-bond acceptors (Lipinski definition) is 4. The summed E-state index contributed by atoms with van der Waals surface area (Å²) >= 11 is 0. The molecule has 0 aliphatic heterocycles. The fourth-order valence-electron chi connectivity index (χ4n) is 2.19. The van der Waals surface area contributed by atoms with E-state index in [1.807, 2.05) is 18.2 Å². The normalized spacial score (nSPS) is 11.7. The van der Waals surface area contributed by atoms with Crippen LogP contribution in [0.5, 0.6) is 5.75 Å². The average molecular weight is 366 g/mol. The van der Waals surface area contributed by atoms with Gasteiger partial charge in [0.25, 0.3) is 0 Å². The van der Waals surface area contributed by atoms with Crippen molar-refractivity contribution in [2.45, 2.75) is 33.7 Å². The second-order valence-corrected chi connectivity index (χ2v) is 6.43. The average Bonchev–Trinajstić information content (AvgIpc) is 2.63. The lowest BCUT2D eigenvalue weighted by atomic mass is 10.2. The van der Waals surface area contributed by atoms with Crippen molar-refractivity contribution in [3.63, 3.8) is 0 Å². The minimum Gasteiger partial charge on any atom is -0.491 e. The summed E-state index contributed by atoms with van der Waals surface area (Å²) in [6.07, 6.45) is 0.958. The van der Waals surface area contributed by atoms with E-state index in [4.69, 9.17) is 14.2 Å². The first kappa shape index (κ1) is 22.3. The Hall–Kier alpha value is -1.79. The van der Waals surface area contributed by atoms with E-state index in [1.54, 1.807) is 7.11 Å². The molecule has 148 valence electrons. The fraction of sp³-hybridized carbons (Fsp3) is 0.650. The number of methoxy groups -OCH3 is 1. The molecule has 0 fully saturated rings. The van der Waals surface area contributed by atoms with Gasteiger partial charge in [-0.1, -0.05) is 26.0 Å². The molecule has 0 saturated heterocycles. The van der Waals surface area contributed by atoms with Crippen LogP contribution in [0.25, 0.3) is 0 Å². The lowest BCUT2D eigenvalue weighted by molar-refractivity contribution is 0.108. The highest BCUT2D eigenvalue weighted by Gasteiger charge is 2.00. The number of aliphatic imine (C=N–C) groups is 1. The molecular weight excluding hydrogens is 330 g/mol. The number of nitrogens with one attached hydrogen (secondary N) is 2. The van der Waals surface area contributed by atoms with Crippen LogP contribution in [0.15, 0.2) is 29.3 Å². The van der Waals surface area contributed by atoms with Gasteiger partial charge in [-0.05, 0) is 37.0 Å². The van der Waals surface area contributed by atoms with Crippen LogP contribution >= 0.6 is 0 Å². The molecule has 1 rings (SSSR count). The molecule has 0 bridgehead atoms. The standard InChI is InChI=1S/C20H35N3O3/c1-5-21-20(22-10-7-11-25-16-17(2)3)23-15-18-8-6-9-19(14-18)26-13-12-24-4/h6,8-9,14,17H,5,7,10-13,15-16H2,1-4H3,(H2,21,22,23). The summed E-state index contributed by atoms with van der Waals surface area (Å²) in [6, 6.07) is 8.00. The van der Waals surface area contributed by atoms with E-state index in [0.29, 0.717) is 25.7 Å². The van der Waals surface area contributed by atoms with Crippen molar-refractivity contribution < 1.29 is 14.2 Å². The van der Waals surface area contributed by atoms with Crippen molar-refractivity contribution in [2.24, 2.45) is 10.9 Å². The van der Waals surface area contributed by atoms with Gasteiger partial charge in [0.05, 0.1) is 13.2 Å². The Kier molecular flexibility index (Phi) is 12.3. The summed E-state index contributed by atoms with van der Waals surface area (Å²) in [4.78, 5) is 4.64. The monoisotopic (exact) mass is 365 g/mol. The zero-order valence-corrected chi connectivity index (χ0v) is 16.7. The minimum atomic E-state index is 0.548. The fourth-order valence-corrected chi connectivity index (χ4v) is 2.19. The topological polar surface area (TPSA) is 64.1 Å². The number of nitrogens with zero attached hydrogens (tertiary/aromatic N) is 1. The second kappa shape index (κ2) is 14.4. The van der Waals surface area contributed by atoms with Crippen LogP contribution in [0.2, 0.25) is 0 Å². The number of guanidine groups is 1. The van der Waals surface area contributed by atoms with Gasteiger partial charge in [0, 0.05) is 33.4 Å². The molecule has 1 aromatic carbocycles. The zero-order chi connectivity index (χ0) is 19.0. The Bertz CT molecular complexity index is 507. The van der Waals surface area contributed by atoms with Crippen LogP contribution in [-0.4, -0.2) is 52.6 Å². The molecule has 6 nitrogen and oxygen atoms in total. The second-order valence-electron chi connectivity index (χ2n) is 6.43. The Balaban J connectivity index is 2.41. The molecule has 1 aromatic rings. The van der Waals surface area contributed by atoms with Gasteiger partial charge in [0.15, 0.2) is 5.96 Å². The first-order valence-corrected chi connectivity index (χ1v) is 9.46. The Morgan fingerprint density at radius 2 is 2.00 bits per heavy atom. The summed E-state index contributed by atoms with van der Waals surface area (Å²) in [5, 5.41) is 6.62. The van der Waals surface area contributed by atoms with Crippen LogP contribution in [-0.2, 0) is 16.0 Å². The number of hydrogen-bond donors (Lipinski definition) is 2. The molecule has 0 unspecified atom stereocenters. The highest BCUT2D eigenvalue weighted by Crippen LogP contribution is 2.14. The molecule has 2 N–H and O–H groups in total.